The molecule has 1 aromatic heterocycles. The van der Waals surface area contributed by atoms with Crippen molar-refractivity contribution in [2.45, 2.75) is 57.8 Å². The minimum Gasteiger partial charge on any atom is -0.494 e. The minimum absolute atomic E-state index is 0.0261. The highest BCUT2D eigenvalue weighted by atomic mass is 19.3. The zero-order valence-electron chi connectivity index (χ0n) is 17.9. The molecule has 1 saturated carbocycles. The molecular weight excluding hydrogens is 402 g/mol. The van der Waals surface area contributed by atoms with E-state index in [4.69, 9.17) is 9.84 Å². The molecule has 1 aromatic carbocycles. The van der Waals surface area contributed by atoms with Crippen LogP contribution in [0.2, 0.25) is 0 Å². The Morgan fingerprint density at radius 3 is 2.65 bits per heavy atom. The number of rotatable bonds is 10. The summed E-state index contributed by atoms with van der Waals surface area (Å²) in [6.07, 6.45) is 8.27. The van der Waals surface area contributed by atoms with Gasteiger partial charge in [0.2, 0.25) is 0 Å². The van der Waals surface area contributed by atoms with Crippen molar-refractivity contribution in [1.29, 1.82) is 0 Å². The molecular formula is C24H30F2N2O3. The van der Waals surface area contributed by atoms with Crippen LogP contribution in [0.15, 0.2) is 36.5 Å². The number of ether oxygens (including phenoxy) is 1. The Morgan fingerprint density at radius 2 is 2.00 bits per heavy atom. The van der Waals surface area contributed by atoms with Crippen molar-refractivity contribution in [1.82, 2.24) is 4.98 Å². The van der Waals surface area contributed by atoms with Gasteiger partial charge < -0.3 is 15.2 Å². The summed E-state index contributed by atoms with van der Waals surface area (Å²) in [6.45, 7) is 1.90. The first kappa shape index (κ1) is 23.0. The molecule has 0 spiro atoms. The lowest BCUT2D eigenvalue weighted by Crippen LogP contribution is -2.17. The number of pyridine rings is 1. The van der Waals surface area contributed by atoms with Crippen LogP contribution in [0.25, 0.3) is 11.1 Å². The van der Waals surface area contributed by atoms with E-state index in [1.807, 2.05) is 6.07 Å². The second kappa shape index (κ2) is 10.6. The lowest BCUT2D eigenvalue weighted by atomic mass is 9.89. The van der Waals surface area contributed by atoms with E-state index >= 15 is 0 Å². The van der Waals surface area contributed by atoms with Crippen molar-refractivity contribution in [2.24, 2.45) is 5.92 Å². The van der Waals surface area contributed by atoms with Gasteiger partial charge in [-0.25, -0.2) is 13.8 Å². The molecule has 0 bridgehead atoms. The first-order valence-electron chi connectivity index (χ1n) is 10.9. The number of carboxylic acids is 1. The SMILES string of the molecule is CC(F)(F)c1cc(OCCCC(=O)O)ccc1-c1ccc(NCC2CCCCC2)nc1. The molecule has 0 atom stereocenters. The third-order valence-corrected chi connectivity index (χ3v) is 5.64. The van der Waals surface area contributed by atoms with Crippen LogP contribution in [-0.4, -0.2) is 29.2 Å². The number of benzene rings is 1. The molecule has 31 heavy (non-hydrogen) atoms. The number of hydrogen-bond donors (Lipinski definition) is 2. The van der Waals surface area contributed by atoms with E-state index in [1.165, 1.54) is 38.2 Å². The highest BCUT2D eigenvalue weighted by Gasteiger charge is 2.29. The molecule has 3 rings (SSSR count). The highest BCUT2D eigenvalue weighted by Crippen LogP contribution is 2.38. The monoisotopic (exact) mass is 432 g/mol. The van der Waals surface area contributed by atoms with Crippen LogP contribution in [-0.2, 0) is 10.7 Å². The maximum absolute atomic E-state index is 14.3. The molecule has 1 heterocycles. The Hall–Kier alpha value is -2.70. The van der Waals surface area contributed by atoms with Crippen molar-refractivity contribution < 1.29 is 23.4 Å². The Bertz CT molecular complexity index is 860. The number of anilines is 1. The summed E-state index contributed by atoms with van der Waals surface area (Å²) in [5, 5.41) is 12.0. The van der Waals surface area contributed by atoms with Gasteiger partial charge in [0.1, 0.15) is 11.6 Å². The van der Waals surface area contributed by atoms with Gasteiger partial charge in [0.15, 0.2) is 0 Å². The topological polar surface area (TPSA) is 71.5 Å². The fraction of sp³-hybridized carbons (Fsp3) is 0.500. The van der Waals surface area contributed by atoms with Crippen LogP contribution < -0.4 is 10.1 Å². The number of aliphatic carboxylic acids is 1. The van der Waals surface area contributed by atoms with Crippen LogP contribution in [0.4, 0.5) is 14.6 Å². The molecule has 0 saturated heterocycles. The van der Waals surface area contributed by atoms with Crippen molar-refractivity contribution in [3.05, 3.63) is 42.1 Å². The van der Waals surface area contributed by atoms with Gasteiger partial charge in [0.25, 0.3) is 5.92 Å². The normalized spacial score (nSPS) is 14.9. The van der Waals surface area contributed by atoms with Gasteiger partial charge in [0.05, 0.1) is 6.61 Å². The Morgan fingerprint density at radius 1 is 1.23 bits per heavy atom. The Kier molecular flexibility index (Phi) is 7.82. The molecule has 5 nitrogen and oxygen atoms in total. The van der Waals surface area contributed by atoms with E-state index in [0.717, 1.165) is 19.3 Å². The summed E-state index contributed by atoms with van der Waals surface area (Å²) in [7, 11) is 0. The third kappa shape index (κ3) is 6.91. The third-order valence-electron chi connectivity index (χ3n) is 5.64. The molecule has 0 unspecified atom stereocenters. The molecule has 7 heteroatoms. The van der Waals surface area contributed by atoms with Crippen LogP contribution in [0, 0.1) is 5.92 Å². The van der Waals surface area contributed by atoms with Gasteiger partial charge in [0, 0.05) is 37.2 Å². The quantitative estimate of drug-likeness (QED) is 0.444. The second-order valence-corrected chi connectivity index (χ2v) is 8.26. The number of carboxylic acid groups (broad SMARTS) is 1. The van der Waals surface area contributed by atoms with Gasteiger partial charge in [-0.15, -0.1) is 0 Å². The number of aromatic nitrogens is 1. The first-order valence-corrected chi connectivity index (χ1v) is 10.9. The van der Waals surface area contributed by atoms with E-state index < -0.39 is 11.9 Å². The fourth-order valence-corrected chi connectivity index (χ4v) is 3.94. The molecule has 1 aliphatic carbocycles. The summed E-state index contributed by atoms with van der Waals surface area (Å²) in [5.41, 5.74) is 0.863. The zero-order chi connectivity index (χ0) is 22.3. The number of halogens is 2. The molecule has 0 aliphatic heterocycles. The number of nitrogens with zero attached hydrogens (tertiary/aromatic N) is 1. The van der Waals surface area contributed by atoms with Gasteiger partial charge in [-0.3, -0.25) is 4.79 Å². The summed E-state index contributed by atoms with van der Waals surface area (Å²) in [4.78, 5) is 15.0. The van der Waals surface area contributed by atoms with Crippen LogP contribution >= 0.6 is 0 Å². The largest absolute Gasteiger partial charge is 0.494 e. The van der Waals surface area contributed by atoms with Crippen LogP contribution in [0.1, 0.15) is 57.4 Å². The summed E-state index contributed by atoms with van der Waals surface area (Å²) in [6, 6.07) is 8.18. The predicted octanol–water partition coefficient (Wildman–Crippen LogP) is 6.10. The summed E-state index contributed by atoms with van der Waals surface area (Å²) >= 11 is 0. The first-order chi connectivity index (χ1) is 14.8. The van der Waals surface area contributed by atoms with Gasteiger partial charge >= 0.3 is 5.97 Å². The van der Waals surface area contributed by atoms with Crippen molar-refractivity contribution in [2.75, 3.05) is 18.5 Å². The average molecular weight is 433 g/mol. The van der Waals surface area contributed by atoms with Crippen molar-refractivity contribution in [3.63, 3.8) is 0 Å². The van der Waals surface area contributed by atoms with E-state index in [9.17, 15) is 13.6 Å². The van der Waals surface area contributed by atoms with Crippen molar-refractivity contribution in [3.8, 4) is 16.9 Å². The summed E-state index contributed by atoms with van der Waals surface area (Å²) in [5.74, 6) is -2.26. The van der Waals surface area contributed by atoms with E-state index in [1.54, 1.807) is 24.4 Å². The maximum atomic E-state index is 14.3. The lowest BCUT2D eigenvalue weighted by molar-refractivity contribution is -0.137. The second-order valence-electron chi connectivity index (χ2n) is 8.26. The van der Waals surface area contributed by atoms with E-state index in [0.29, 0.717) is 29.2 Å². The van der Waals surface area contributed by atoms with E-state index in [2.05, 4.69) is 10.3 Å². The van der Waals surface area contributed by atoms with Gasteiger partial charge in [-0.05, 0) is 55.0 Å². The zero-order valence-corrected chi connectivity index (χ0v) is 17.9. The molecule has 2 aromatic rings. The van der Waals surface area contributed by atoms with Gasteiger partial charge in [-0.1, -0.05) is 25.3 Å². The lowest BCUT2D eigenvalue weighted by Gasteiger charge is -2.22. The molecule has 1 fully saturated rings. The van der Waals surface area contributed by atoms with Crippen molar-refractivity contribution >= 4 is 11.8 Å². The number of carbonyl (C=O) groups is 1. The highest BCUT2D eigenvalue weighted by molar-refractivity contribution is 5.69. The number of alkyl halides is 2. The number of nitrogens with one attached hydrogen (secondary N) is 1. The van der Waals surface area contributed by atoms with E-state index in [-0.39, 0.29) is 18.6 Å². The van der Waals surface area contributed by atoms with Crippen LogP contribution in [0.3, 0.4) is 0 Å². The van der Waals surface area contributed by atoms with Crippen LogP contribution in [0.5, 0.6) is 5.75 Å². The Labute approximate surface area is 181 Å². The smallest absolute Gasteiger partial charge is 0.303 e. The minimum atomic E-state index is -3.06. The molecule has 168 valence electrons. The molecule has 1 aliphatic rings. The maximum Gasteiger partial charge on any atom is 0.303 e. The molecule has 0 radical (unpaired) electrons. The molecule has 0 amide bonds. The number of hydrogen-bond acceptors (Lipinski definition) is 4. The van der Waals surface area contributed by atoms with Gasteiger partial charge in [-0.2, -0.15) is 0 Å². The standard InChI is InChI=1S/C24H30F2N2O3/c1-24(25,26)21-14-19(31-13-5-8-23(29)30)10-11-20(21)18-9-12-22(28-16-18)27-15-17-6-3-2-4-7-17/h9-12,14,16-17H,2-8,13,15H2,1H3,(H,27,28)(H,29,30). The predicted molar refractivity (Wildman–Crippen MR) is 117 cm³/mol. The fourth-order valence-electron chi connectivity index (χ4n) is 3.94. The Balaban J connectivity index is 1.69. The average Bonchev–Trinajstić information content (AvgIpc) is 2.75. The summed E-state index contributed by atoms with van der Waals surface area (Å²) < 4.78 is 34.1. The molecule has 2 N–H and O–H groups in total.